The van der Waals surface area contributed by atoms with E-state index in [1.807, 2.05) is 0 Å². The van der Waals surface area contributed by atoms with Gasteiger partial charge in [-0.3, -0.25) is 0 Å². The fourth-order valence-corrected chi connectivity index (χ4v) is 0.886. The highest BCUT2D eigenvalue weighted by atomic mass is 16.4. The Morgan fingerprint density at radius 2 is 1.93 bits per heavy atom. The van der Waals surface area contributed by atoms with E-state index in [1.54, 1.807) is 0 Å². The number of hydrogen-bond acceptors (Lipinski definition) is 4. The second-order valence-corrected chi connectivity index (χ2v) is 3.27. The van der Waals surface area contributed by atoms with E-state index < -0.39 is 24.2 Å². The molecule has 0 aliphatic heterocycles. The zero-order chi connectivity index (χ0) is 12.0. The molecule has 0 rings (SSSR count). The lowest BCUT2D eigenvalue weighted by molar-refractivity contribution is -0.146. The molecule has 2 amide bonds. The molecule has 0 aliphatic carbocycles. The Bertz CT molecular complexity index is 231. The van der Waals surface area contributed by atoms with Crippen LogP contribution in [-0.4, -0.2) is 64.6 Å². The van der Waals surface area contributed by atoms with Crippen molar-refractivity contribution in [1.29, 1.82) is 0 Å². The molecule has 0 spiro atoms. The molecule has 4 N–H and O–H groups in total. The average molecular weight is 220 g/mol. The first-order valence-corrected chi connectivity index (χ1v) is 4.42. The summed E-state index contributed by atoms with van der Waals surface area (Å²) in [7, 11) is 1.45. The molecular weight excluding hydrogens is 204 g/mol. The van der Waals surface area contributed by atoms with Crippen LogP contribution < -0.4 is 5.32 Å². The first-order chi connectivity index (χ1) is 6.84. The van der Waals surface area contributed by atoms with Gasteiger partial charge in [0.25, 0.3) is 0 Å². The van der Waals surface area contributed by atoms with Crippen LogP contribution in [0.1, 0.15) is 6.92 Å². The van der Waals surface area contributed by atoms with E-state index in [9.17, 15) is 9.59 Å². The van der Waals surface area contributed by atoms with E-state index in [-0.39, 0.29) is 13.1 Å². The predicted octanol–water partition coefficient (Wildman–Crippen LogP) is -1.55. The summed E-state index contributed by atoms with van der Waals surface area (Å²) in [5.41, 5.74) is 0. The zero-order valence-electron chi connectivity index (χ0n) is 8.67. The van der Waals surface area contributed by atoms with Gasteiger partial charge in [-0.1, -0.05) is 0 Å². The van der Waals surface area contributed by atoms with Crippen molar-refractivity contribution < 1.29 is 24.9 Å². The SMILES string of the molecule is CC(O)CN(C)C(=O)NCC(O)C(=O)O. The van der Waals surface area contributed by atoms with E-state index >= 15 is 0 Å². The van der Waals surface area contributed by atoms with Gasteiger partial charge >= 0.3 is 12.0 Å². The van der Waals surface area contributed by atoms with Gasteiger partial charge in [0.1, 0.15) is 0 Å². The fraction of sp³-hybridized carbons (Fsp3) is 0.750. The van der Waals surface area contributed by atoms with E-state index in [0.717, 1.165) is 0 Å². The molecule has 2 atom stereocenters. The maximum atomic E-state index is 11.2. The zero-order valence-corrected chi connectivity index (χ0v) is 8.67. The molecule has 0 bridgehead atoms. The van der Waals surface area contributed by atoms with Crippen LogP contribution in [0, 0.1) is 0 Å². The Labute approximate surface area is 87.3 Å². The number of aliphatic hydroxyl groups is 2. The molecule has 0 heterocycles. The minimum Gasteiger partial charge on any atom is -0.479 e. The minimum absolute atomic E-state index is 0.134. The van der Waals surface area contributed by atoms with E-state index in [2.05, 4.69) is 5.32 Å². The molecule has 0 radical (unpaired) electrons. The summed E-state index contributed by atoms with van der Waals surface area (Å²) < 4.78 is 0. The van der Waals surface area contributed by atoms with Crippen LogP contribution in [0.5, 0.6) is 0 Å². The standard InChI is InChI=1S/C8H16N2O5/c1-5(11)4-10(2)8(15)9-3-6(12)7(13)14/h5-6,11-12H,3-4H2,1-2H3,(H,9,15)(H,13,14). The lowest BCUT2D eigenvalue weighted by Crippen LogP contribution is -2.44. The molecule has 0 fully saturated rings. The van der Waals surface area contributed by atoms with Gasteiger partial charge in [0, 0.05) is 13.6 Å². The molecular formula is C8H16N2O5. The number of aliphatic hydroxyl groups excluding tert-OH is 2. The quantitative estimate of drug-likeness (QED) is 0.448. The van der Waals surface area contributed by atoms with Crippen molar-refractivity contribution in [2.45, 2.75) is 19.1 Å². The van der Waals surface area contributed by atoms with Gasteiger partial charge in [-0.05, 0) is 6.92 Å². The van der Waals surface area contributed by atoms with Crippen LogP contribution in [0.3, 0.4) is 0 Å². The summed E-state index contributed by atoms with van der Waals surface area (Å²) in [5.74, 6) is -1.39. The Kier molecular flexibility index (Phi) is 5.65. The molecule has 7 heteroatoms. The minimum atomic E-state index is -1.62. The van der Waals surface area contributed by atoms with Gasteiger partial charge in [0.15, 0.2) is 6.10 Å². The topological polar surface area (TPSA) is 110 Å². The van der Waals surface area contributed by atoms with Gasteiger partial charge in [0.05, 0.1) is 12.6 Å². The number of nitrogens with zero attached hydrogens (tertiary/aromatic N) is 1. The first-order valence-electron chi connectivity index (χ1n) is 4.42. The van der Waals surface area contributed by atoms with Crippen molar-refractivity contribution in [2.24, 2.45) is 0 Å². The highest BCUT2D eigenvalue weighted by Gasteiger charge is 2.16. The third kappa shape index (κ3) is 5.87. The predicted molar refractivity (Wildman–Crippen MR) is 51.4 cm³/mol. The second-order valence-electron chi connectivity index (χ2n) is 3.27. The highest BCUT2D eigenvalue weighted by molar-refractivity contribution is 5.76. The third-order valence-corrected chi connectivity index (χ3v) is 1.62. The lowest BCUT2D eigenvalue weighted by Gasteiger charge is -2.19. The van der Waals surface area contributed by atoms with Crippen molar-refractivity contribution in [1.82, 2.24) is 10.2 Å². The second kappa shape index (κ2) is 6.20. The Morgan fingerprint density at radius 3 is 2.33 bits per heavy atom. The number of likely N-dealkylation sites (N-methyl/N-ethyl adjacent to an activating group) is 1. The largest absolute Gasteiger partial charge is 0.479 e. The van der Waals surface area contributed by atoms with Crippen LogP contribution in [0.2, 0.25) is 0 Å². The molecule has 15 heavy (non-hydrogen) atoms. The van der Waals surface area contributed by atoms with Crippen molar-refractivity contribution >= 4 is 12.0 Å². The summed E-state index contributed by atoms with van der Waals surface area (Å²) in [4.78, 5) is 22.6. The molecule has 0 aromatic carbocycles. The monoisotopic (exact) mass is 220 g/mol. The summed E-state index contributed by atoms with van der Waals surface area (Å²) in [6.07, 6.45) is -2.28. The van der Waals surface area contributed by atoms with Crippen LogP contribution in [0.15, 0.2) is 0 Å². The lowest BCUT2D eigenvalue weighted by atomic mass is 10.3. The van der Waals surface area contributed by atoms with Crippen molar-refractivity contribution in [3.05, 3.63) is 0 Å². The molecule has 2 unspecified atom stereocenters. The maximum Gasteiger partial charge on any atom is 0.334 e. The van der Waals surface area contributed by atoms with Crippen molar-refractivity contribution in [2.75, 3.05) is 20.1 Å². The van der Waals surface area contributed by atoms with Gasteiger partial charge in [-0.25, -0.2) is 9.59 Å². The number of carbonyl (C=O) groups excluding carboxylic acids is 1. The van der Waals surface area contributed by atoms with Crippen LogP contribution in [-0.2, 0) is 4.79 Å². The summed E-state index contributed by atoms with van der Waals surface area (Å²) >= 11 is 0. The van der Waals surface area contributed by atoms with Gasteiger partial charge in [-0.2, -0.15) is 0 Å². The molecule has 0 aliphatic rings. The summed E-state index contributed by atoms with van der Waals surface area (Å²) in [6.45, 7) is 1.29. The highest BCUT2D eigenvalue weighted by Crippen LogP contribution is 1.89. The number of amides is 2. The number of carboxylic acid groups (broad SMARTS) is 1. The Balaban J connectivity index is 3.88. The number of carboxylic acids is 1. The van der Waals surface area contributed by atoms with Crippen molar-refractivity contribution in [3.63, 3.8) is 0 Å². The summed E-state index contributed by atoms with van der Waals surface area (Å²) in [6, 6.07) is -0.545. The van der Waals surface area contributed by atoms with Crippen LogP contribution >= 0.6 is 0 Å². The van der Waals surface area contributed by atoms with Crippen molar-refractivity contribution in [3.8, 4) is 0 Å². The molecule has 0 saturated carbocycles. The van der Waals surface area contributed by atoms with E-state index in [0.29, 0.717) is 0 Å². The van der Waals surface area contributed by atoms with Crippen LogP contribution in [0.25, 0.3) is 0 Å². The molecule has 0 aromatic heterocycles. The van der Waals surface area contributed by atoms with Crippen LogP contribution in [0.4, 0.5) is 4.79 Å². The number of rotatable bonds is 5. The first kappa shape index (κ1) is 13.7. The Morgan fingerprint density at radius 1 is 1.40 bits per heavy atom. The summed E-state index contributed by atoms with van der Waals surface area (Å²) in [5, 5.41) is 28.4. The van der Waals surface area contributed by atoms with E-state index in [4.69, 9.17) is 15.3 Å². The number of hydrogen-bond donors (Lipinski definition) is 4. The normalized spacial score (nSPS) is 14.1. The number of nitrogens with one attached hydrogen (secondary N) is 1. The van der Waals surface area contributed by atoms with Gasteiger partial charge < -0.3 is 25.5 Å². The number of carbonyl (C=O) groups is 2. The molecule has 0 saturated heterocycles. The van der Waals surface area contributed by atoms with Gasteiger partial charge in [-0.15, -0.1) is 0 Å². The number of aliphatic carboxylic acids is 1. The average Bonchev–Trinajstić information content (AvgIpc) is 2.12. The fourth-order valence-electron chi connectivity index (χ4n) is 0.886. The molecule has 7 nitrogen and oxygen atoms in total. The maximum absolute atomic E-state index is 11.2. The number of urea groups is 1. The molecule has 88 valence electrons. The third-order valence-electron chi connectivity index (χ3n) is 1.62. The van der Waals surface area contributed by atoms with Gasteiger partial charge in [0.2, 0.25) is 0 Å². The molecule has 0 aromatic rings. The smallest absolute Gasteiger partial charge is 0.334 e. The Hall–Kier alpha value is -1.34. The van der Waals surface area contributed by atoms with E-state index in [1.165, 1.54) is 18.9 Å².